The molecule has 2 heterocycles. The topological polar surface area (TPSA) is 124 Å². The molecule has 0 spiro atoms. The van der Waals surface area contributed by atoms with Crippen molar-refractivity contribution in [2.45, 2.75) is 4.34 Å². The van der Waals surface area contributed by atoms with E-state index >= 15 is 0 Å². The molecule has 2 aromatic heterocycles. The summed E-state index contributed by atoms with van der Waals surface area (Å²) in [4.78, 5) is 26.4. The second-order valence-electron chi connectivity index (χ2n) is 4.12. The van der Waals surface area contributed by atoms with Crippen LogP contribution in [0.1, 0.15) is 0 Å². The molecule has 0 fully saturated rings. The van der Waals surface area contributed by atoms with Gasteiger partial charge in [-0.1, -0.05) is 30.5 Å². The predicted molar refractivity (Wildman–Crippen MR) is 84.2 cm³/mol. The minimum absolute atomic E-state index is 0.112. The highest BCUT2D eigenvalue weighted by Crippen LogP contribution is 2.33. The normalized spacial score (nSPS) is 10.6. The molecule has 0 radical (unpaired) electrons. The Morgan fingerprint density at radius 3 is 2.91 bits per heavy atom. The number of carbonyl (C=O) groups excluding carboxylic acids is 1. The van der Waals surface area contributed by atoms with Crippen LogP contribution < -0.4 is 5.32 Å². The van der Waals surface area contributed by atoms with Crippen molar-refractivity contribution < 1.29 is 14.3 Å². The number of nitro groups is 1. The van der Waals surface area contributed by atoms with Crippen molar-refractivity contribution in [2.24, 2.45) is 0 Å². The number of thiazole rings is 1. The Kier molecular flexibility index (Phi) is 4.04. The number of amides is 1. The summed E-state index contributed by atoms with van der Waals surface area (Å²) in [6.07, 6.45) is 0. The van der Waals surface area contributed by atoms with Crippen LogP contribution >= 0.6 is 23.1 Å². The number of anilines is 1. The highest BCUT2D eigenvalue weighted by Gasteiger charge is 2.25. The number of hydrogen-bond acceptors (Lipinski definition) is 9. The van der Waals surface area contributed by atoms with Crippen LogP contribution in [0.15, 0.2) is 44.7 Å². The maximum Gasteiger partial charge on any atom is 0.459 e. The Labute approximate surface area is 136 Å². The zero-order valence-corrected chi connectivity index (χ0v) is 12.9. The molecule has 0 bridgehead atoms. The van der Waals surface area contributed by atoms with Gasteiger partial charge in [-0.3, -0.25) is 10.1 Å². The van der Waals surface area contributed by atoms with E-state index in [2.05, 4.69) is 31.8 Å². The average molecular weight is 349 g/mol. The molecule has 1 N–H and O–H groups in total. The van der Waals surface area contributed by atoms with Crippen LogP contribution in [0.5, 0.6) is 0 Å². The SMILES string of the molecule is C=C(Sc1nc2ccccc2s1)C(=O)Nc1nonc1[N+](=O)[O-]. The van der Waals surface area contributed by atoms with E-state index in [1.807, 2.05) is 24.3 Å². The monoisotopic (exact) mass is 349 g/mol. The fraction of sp³-hybridized carbons (Fsp3) is 0. The van der Waals surface area contributed by atoms with Gasteiger partial charge in [0, 0.05) is 5.16 Å². The fourth-order valence-electron chi connectivity index (χ4n) is 1.61. The van der Waals surface area contributed by atoms with E-state index in [-0.39, 0.29) is 10.7 Å². The van der Waals surface area contributed by atoms with Gasteiger partial charge in [-0.25, -0.2) is 4.98 Å². The van der Waals surface area contributed by atoms with Crippen LogP contribution in [-0.4, -0.2) is 26.1 Å². The second kappa shape index (κ2) is 6.14. The standard InChI is InChI=1S/C12H7N5O4S2/c1-6(11(18)14-9-10(17(19)20)16-21-15-9)22-12-13-7-4-2-3-5-8(7)23-12/h2-5H,1H2,(H,14,15,18). The number of aromatic nitrogens is 3. The number of benzene rings is 1. The maximum absolute atomic E-state index is 12.0. The van der Waals surface area contributed by atoms with E-state index in [9.17, 15) is 14.9 Å². The molecule has 116 valence electrons. The van der Waals surface area contributed by atoms with Gasteiger partial charge in [-0.15, -0.1) is 16.0 Å². The van der Waals surface area contributed by atoms with E-state index in [4.69, 9.17) is 0 Å². The first-order chi connectivity index (χ1) is 11.0. The van der Waals surface area contributed by atoms with Crippen LogP contribution in [-0.2, 0) is 4.79 Å². The van der Waals surface area contributed by atoms with E-state index in [1.165, 1.54) is 11.3 Å². The third-order valence-corrected chi connectivity index (χ3v) is 4.64. The number of fused-ring (bicyclic) bond motifs is 1. The molecule has 9 nitrogen and oxygen atoms in total. The molecule has 0 aliphatic carbocycles. The molecule has 11 heteroatoms. The lowest BCUT2D eigenvalue weighted by atomic mass is 10.3. The Bertz CT molecular complexity index is 886. The summed E-state index contributed by atoms with van der Waals surface area (Å²) in [7, 11) is 0. The van der Waals surface area contributed by atoms with Gasteiger partial charge in [-0.2, -0.15) is 0 Å². The Morgan fingerprint density at radius 2 is 2.17 bits per heavy atom. The van der Waals surface area contributed by atoms with Gasteiger partial charge >= 0.3 is 5.82 Å². The third kappa shape index (κ3) is 3.19. The smallest absolute Gasteiger partial charge is 0.358 e. The Morgan fingerprint density at radius 1 is 1.39 bits per heavy atom. The van der Waals surface area contributed by atoms with Crippen LogP contribution in [0.4, 0.5) is 11.6 Å². The quantitative estimate of drug-likeness (QED) is 0.323. The lowest BCUT2D eigenvalue weighted by Gasteiger charge is -2.01. The summed E-state index contributed by atoms with van der Waals surface area (Å²) in [6.45, 7) is 3.64. The second-order valence-corrected chi connectivity index (χ2v) is 6.49. The molecular formula is C12H7N5O4S2. The summed E-state index contributed by atoms with van der Waals surface area (Å²) in [5.74, 6) is -1.68. The lowest BCUT2D eigenvalue weighted by Crippen LogP contribution is -2.13. The lowest BCUT2D eigenvalue weighted by molar-refractivity contribution is -0.390. The minimum Gasteiger partial charge on any atom is -0.358 e. The molecule has 3 rings (SSSR count). The number of nitrogens with one attached hydrogen (secondary N) is 1. The molecule has 0 atom stereocenters. The highest BCUT2D eigenvalue weighted by molar-refractivity contribution is 8.05. The Hall–Kier alpha value is -2.79. The molecule has 0 unspecified atom stereocenters. The first-order valence-corrected chi connectivity index (χ1v) is 7.68. The van der Waals surface area contributed by atoms with Crippen molar-refractivity contribution in [2.75, 3.05) is 5.32 Å². The van der Waals surface area contributed by atoms with Crippen molar-refractivity contribution in [1.82, 2.24) is 15.3 Å². The maximum atomic E-state index is 12.0. The Balaban J connectivity index is 1.71. The zero-order chi connectivity index (χ0) is 16.4. The average Bonchev–Trinajstić information content (AvgIpc) is 3.12. The fourth-order valence-corrected chi connectivity index (χ4v) is 3.54. The van der Waals surface area contributed by atoms with Crippen molar-refractivity contribution >= 4 is 50.9 Å². The zero-order valence-electron chi connectivity index (χ0n) is 11.3. The summed E-state index contributed by atoms with van der Waals surface area (Å²) in [5.41, 5.74) is 0.824. The van der Waals surface area contributed by atoms with Crippen LogP contribution in [0, 0.1) is 10.1 Å². The number of rotatable bonds is 5. The van der Waals surface area contributed by atoms with Crippen LogP contribution in [0.2, 0.25) is 0 Å². The molecule has 0 aliphatic rings. The van der Waals surface area contributed by atoms with Gasteiger partial charge in [0.2, 0.25) is 0 Å². The van der Waals surface area contributed by atoms with E-state index in [0.29, 0.717) is 4.34 Å². The summed E-state index contributed by atoms with van der Waals surface area (Å²) in [5, 5.41) is 19.3. The van der Waals surface area contributed by atoms with Gasteiger partial charge in [-0.05, 0) is 17.1 Å². The van der Waals surface area contributed by atoms with Crippen molar-refractivity contribution in [3.05, 3.63) is 45.9 Å². The van der Waals surface area contributed by atoms with Gasteiger partial charge in [0.1, 0.15) is 0 Å². The predicted octanol–water partition coefficient (Wildman–Crippen LogP) is 2.83. The molecule has 23 heavy (non-hydrogen) atoms. The molecule has 0 aliphatic heterocycles. The molecule has 3 aromatic rings. The van der Waals surface area contributed by atoms with Gasteiger partial charge in [0.05, 0.1) is 15.1 Å². The summed E-state index contributed by atoms with van der Waals surface area (Å²) < 4.78 is 5.87. The summed E-state index contributed by atoms with van der Waals surface area (Å²) in [6, 6.07) is 7.55. The summed E-state index contributed by atoms with van der Waals surface area (Å²) >= 11 is 2.48. The van der Waals surface area contributed by atoms with E-state index in [1.54, 1.807) is 0 Å². The molecular weight excluding hydrogens is 342 g/mol. The number of nitrogens with zero attached hydrogens (tertiary/aromatic N) is 4. The van der Waals surface area contributed by atoms with E-state index < -0.39 is 16.6 Å². The number of thioether (sulfide) groups is 1. The number of carbonyl (C=O) groups is 1. The minimum atomic E-state index is -0.810. The van der Waals surface area contributed by atoms with Gasteiger partial charge in [0.25, 0.3) is 11.7 Å². The van der Waals surface area contributed by atoms with Crippen LogP contribution in [0.25, 0.3) is 10.2 Å². The highest BCUT2D eigenvalue weighted by atomic mass is 32.2. The van der Waals surface area contributed by atoms with Gasteiger partial charge in [0.15, 0.2) is 9.50 Å². The molecule has 0 saturated heterocycles. The molecule has 1 aromatic carbocycles. The third-order valence-electron chi connectivity index (χ3n) is 2.61. The largest absolute Gasteiger partial charge is 0.459 e. The molecule has 1 amide bonds. The van der Waals surface area contributed by atoms with Crippen molar-refractivity contribution in [3.63, 3.8) is 0 Å². The number of para-hydroxylation sites is 1. The van der Waals surface area contributed by atoms with Crippen molar-refractivity contribution in [3.8, 4) is 0 Å². The first kappa shape index (κ1) is 15.1. The van der Waals surface area contributed by atoms with Crippen molar-refractivity contribution in [1.29, 1.82) is 0 Å². The van der Waals surface area contributed by atoms with E-state index in [0.717, 1.165) is 22.0 Å². The van der Waals surface area contributed by atoms with Gasteiger partial charge < -0.3 is 10.1 Å². The van der Waals surface area contributed by atoms with Crippen LogP contribution in [0.3, 0.4) is 0 Å². The number of hydrogen-bond donors (Lipinski definition) is 1. The first-order valence-electron chi connectivity index (χ1n) is 6.05. The molecule has 0 saturated carbocycles.